The van der Waals surface area contributed by atoms with Crippen LogP contribution in [0.1, 0.15) is 11.1 Å². The summed E-state index contributed by atoms with van der Waals surface area (Å²) in [6, 6.07) is 8.79. The van der Waals surface area contributed by atoms with Crippen LogP contribution < -0.4 is 24.4 Å². The van der Waals surface area contributed by atoms with E-state index < -0.39 is 0 Å². The second kappa shape index (κ2) is 7.13. The van der Waals surface area contributed by atoms with E-state index >= 15 is 0 Å². The van der Waals surface area contributed by atoms with E-state index in [1.54, 1.807) is 24.3 Å². The molecule has 0 spiro atoms. The molecule has 8 heteroatoms. The van der Waals surface area contributed by atoms with Gasteiger partial charge in [0.15, 0.2) is 23.0 Å². The van der Waals surface area contributed by atoms with Crippen molar-refractivity contribution in [3.05, 3.63) is 46.5 Å². The number of carbonyl (C=O) groups is 1. The highest BCUT2D eigenvalue weighted by Gasteiger charge is 2.16. The number of carbonyl (C=O) groups excluding carboxylic acids is 1. The van der Waals surface area contributed by atoms with Crippen LogP contribution in [0.3, 0.4) is 0 Å². The van der Waals surface area contributed by atoms with Crippen LogP contribution in [0.4, 0.5) is 0 Å². The lowest BCUT2D eigenvalue weighted by Gasteiger charge is -2.18. The van der Waals surface area contributed by atoms with E-state index in [0.717, 1.165) is 5.56 Å². The van der Waals surface area contributed by atoms with Crippen LogP contribution in [-0.2, 0) is 11.2 Å². The van der Waals surface area contributed by atoms with Gasteiger partial charge in [-0.25, -0.2) is 5.43 Å². The number of benzene rings is 2. The molecule has 1 amide bonds. The molecule has 0 fully saturated rings. The van der Waals surface area contributed by atoms with Crippen LogP contribution in [0.5, 0.6) is 23.0 Å². The standard InChI is InChI=1S/C18H15ClN2O5/c19-13-8-17-16(25-10-26-17)7-12(13)9-20-21-18(22)6-11-1-2-14-15(5-11)24-4-3-23-14/h1-2,5,7-9H,3-4,6,10H2,(H,21,22). The number of ether oxygens (including phenoxy) is 4. The Bertz CT molecular complexity index is 884. The molecular formula is C18H15ClN2O5. The fourth-order valence-corrected chi connectivity index (χ4v) is 2.83. The quantitative estimate of drug-likeness (QED) is 0.657. The highest BCUT2D eigenvalue weighted by atomic mass is 35.5. The summed E-state index contributed by atoms with van der Waals surface area (Å²) in [6.07, 6.45) is 1.63. The largest absolute Gasteiger partial charge is 0.486 e. The number of amides is 1. The van der Waals surface area contributed by atoms with Gasteiger partial charge in [0.05, 0.1) is 17.7 Å². The SMILES string of the molecule is O=C(Cc1ccc2c(c1)OCCO2)NN=Cc1cc2c(cc1Cl)OCO2. The number of halogens is 1. The summed E-state index contributed by atoms with van der Waals surface area (Å²) in [6.45, 7) is 1.20. The molecule has 134 valence electrons. The van der Waals surface area contributed by atoms with Crippen molar-refractivity contribution in [2.45, 2.75) is 6.42 Å². The molecular weight excluding hydrogens is 360 g/mol. The zero-order valence-corrected chi connectivity index (χ0v) is 14.4. The van der Waals surface area contributed by atoms with Gasteiger partial charge in [-0.3, -0.25) is 4.79 Å². The van der Waals surface area contributed by atoms with E-state index in [4.69, 9.17) is 30.5 Å². The monoisotopic (exact) mass is 374 g/mol. The Balaban J connectivity index is 1.37. The molecule has 2 aliphatic rings. The normalized spacial score (nSPS) is 14.5. The first-order chi connectivity index (χ1) is 12.7. The molecule has 0 radical (unpaired) electrons. The minimum atomic E-state index is -0.255. The van der Waals surface area contributed by atoms with Crippen molar-refractivity contribution in [3.63, 3.8) is 0 Å². The van der Waals surface area contributed by atoms with Crippen LogP contribution in [-0.4, -0.2) is 32.1 Å². The van der Waals surface area contributed by atoms with Gasteiger partial charge in [-0.05, 0) is 23.8 Å². The van der Waals surface area contributed by atoms with Gasteiger partial charge in [0.2, 0.25) is 12.7 Å². The Labute approximate surface area is 154 Å². The third-order valence-electron chi connectivity index (χ3n) is 3.86. The first-order valence-electron chi connectivity index (χ1n) is 7.98. The van der Waals surface area contributed by atoms with Crippen molar-refractivity contribution in [1.82, 2.24) is 5.43 Å². The highest BCUT2D eigenvalue weighted by Crippen LogP contribution is 2.36. The number of hydrazone groups is 1. The minimum absolute atomic E-state index is 0.165. The smallest absolute Gasteiger partial charge is 0.244 e. The summed E-state index contributed by atoms with van der Waals surface area (Å²) < 4.78 is 21.5. The van der Waals surface area contributed by atoms with Crippen LogP contribution in [0.25, 0.3) is 0 Å². The van der Waals surface area contributed by atoms with Crippen LogP contribution >= 0.6 is 11.6 Å². The van der Waals surface area contributed by atoms with Crippen LogP contribution in [0.2, 0.25) is 5.02 Å². The lowest BCUT2D eigenvalue weighted by atomic mass is 10.1. The molecule has 0 unspecified atom stereocenters. The third kappa shape index (κ3) is 3.52. The van der Waals surface area contributed by atoms with Crippen LogP contribution in [0.15, 0.2) is 35.4 Å². The van der Waals surface area contributed by atoms with Gasteiger partial charge in [-0.15, -0.1) is 0 Å². The van der Waals surface area contributed by atoms with Gasteiger partial charge in [-0.2, -0.15) is 5.10 Å². The molecule has 0 atom stereocenters. The molecule has 2 aromatic rings. The molecule has 4 rings (SSSR count). The average Bonchev–Trinajstić information content (AvgIpc) is 3.09. The molecule has 0 bridgehead atoms. The highest BCUT2D eigenvalue weighted by molar-refractivity contribution is 6.33. The number of fused-ring (bicyclic) bond motifs is 2. The van der Waals surface area contributed by atoms with Crippen molar-refractivity contribution >= 4 is 23.7 Å². The molecule has 0 saturated carbocycles. The zero-order valence-electron chi connectivity index (χ0n) is 13.7. The molecule has 2 heterocycles. The Hall–Kier alpha value is -2.93. The van der Waals surface area contributed by atoms with E-state index in [9.17, 15) is 4.79 Å². The summed E-state index contributed by atoms with van der Waals surface area (Å²) in [5, 5.41) is 4.41. The Morgan fingerprint density at radius 2 is 1.77 bits per heavy atom. The topological polar surface area (TPSA) is 78.4 Å². The second-order valence-electron chi connectivity index (χ2n) is 5.67. The molecule has 2 aromatic carbocycles. The molecule has 1 N–H and O–H groups in total. The van der Waals surface area contributed by atoms with Gasteiger partial charge in [-0.1, -0.05) is 17.7 Å². The molecule has 7 nitrogen and oxygen atoms in total. The van der Waals surface area contributed by atoms with E-state index in [1.807, 2.05) is 6.07 Å². The minimum Gasteiger partial charge on any atom is -0.486 e. The van der Waals surface area contributed by atoms with Gasteiger partial charge in [0, 0.05) is 11.6 Å². The molecule has 0 aromatic heterocycles. The second-order valence-corrected chi connectivity index (χ2v) is 6.08. The predicted molar refractivity (Wildman–Crippen MR) is 94.4 cm³/mol. The summed E-state index contributed by atoms with van der Waals surface area (Å²) in [5.41, 5.74) is 3.91. The van der Waals surface area contributed by atoms with Crippen molar-refractivity contribution in [2.75, 3.05) is 20.0 Å². The average molecular weight is 375 g/mol. The first-order valence-corrected chi connectivity index (χ1v) is 8.36. The maximum Gasteiger partial charge on any atom is 0.244 e. The molecule has 2 aliphatic heterocycles. The van der Waals surface area contributed by atoms with E-state index in [1.165, 1.54) is 6.21 Å². The van der Waals surface area contributed by atoms with Crippen LogP contribution in [0, 0.1) is 0 Å². The zero-order chi connectivity index (χ0) is 17.9. The maximum atomic E-state index is 12.1. The van der Waals surface area contributed by atoms with Crippen molar-refractivity contribution in [2.24, 2.45) is 5.10 Å². The molecule has 0 saturated heterocycles. The fraction of sp³-hybridized carbons (Fsp3) is 0.222. The Morgan fingerprint density at radius 3 is 2.62 bits per heavy atom. The number of hydrogen-bond acceptors (Lipinski definition) is 6. The number of nitrogens with zero attached hydrogens (tertiary/aromatic N) is 1. The summed E-state index contributed by atoms with van der Waals surface area (Å²) >= 11 is 6.16. The number of nitrogens with one attached hydrogen (secondary N) is 1. The van der Waals surface area contributed by atoms with E-state index in [-0.39, 0.29) is 19.1 Å². The Kier molecular flexibility index (Phi) is 4.53. The van der Waals surface area contributed by atoms with E-state index in [0.29, 0.717) is 46.8 Å². The summed E-state index contributed by atoms with van der Waals surface area (Å²) in [4.78, 5) is 12.1. The summed E-state index contributed by atoms with van der Waals surface area (Å²) in [5.74, 6) is 2.27. The lowest BCUT2D eigenvalue weighted by molar-refractivity contribution is -0.120. The predicted octanol–water partition coefficient (Wildman–Crippen LogP) is 2.53. The fourth-order valence-electron chi connectivity index (χ4n) is 2.63. The molecule has 26 heavy (non-hydrogen) atoms. The van der Waals surface area contributed by atoms with Gasteiger partial charge < -0.3 is 18.9 Å². The van der Waals surface area contributed by atoms with Gasteiger partial charge in [0.25, 0.3) is 0 Å². The van der Waals surface area contributed by atoms with Gasteiger partial charge >= 0.3 is 0 Å². The first kappa shape index (κ1) is 16.5. The van der Waals surface area contributed by atoms with Gasteiger partial charge in [0.1, 0.15) is 13.2 Å². The number of hydrogen-bond donors (Lipinski definition) is 1. The number of rotatable bonds is 4. The lowest BCUT2D eigenvalue weighted by Crippen LogP contribution is -2.20. The van der Waals surface area contributed by atoms with Crippen molar-refractivity contribution < 1.29 is 23.7 Å². The molecule has 0 aliphatic carbocycles. The third-order valence-corrected chi connectivity index (χ3v) is 4.18. The Morgan fingerprint density at radius 1 is 1.04 bits per heavy atom. The van der Waals surface area contributed by atoms with Crippen molar-refractivity contribution in [3.8, 4) is 23.0 Å². The van der Waals surface area contributed by atoms with E-state index in [2.05, 4.69) is 10.5 Å². The van der Waals surface area contributed by atoms with Crippen molar-refractivity contribution in [1.29, 1.82) is 0 Å². The summed E-state index contributed by atoms with van der Waals surface area (Å²) in [7, 11) is 0. The maximum absolute atomic E-state index is 12.1.